The van der Waals surface area contributed by atoms with Gasteiger partial charge >= 0.3 is 5.97 Å². The molecule has 1 aliphatic rings. The highest BCUT2D eigenvalue weighted by atomic mass is 16.5. The zero-order chi connectivity index (χ0) is 11.4. The van der Waals surface area contributed by atoms with Crippen molar-refractivity contribution < 1.29 is 9.53 Å². The standard InChI is InChI=1S/C11H22N2O2/c1-8(2)10(12)11(14)15-9-4-6-13(3)7-5-9/h8-10H,4-7,12H2,1-3H3/t10-/m0/s1. The highest BCUT2D eigenvalue weighted by Crippen LogP contribution is 2.13. The molecule has 0 aromatic rings. The van der Waals surface area contributed by atoms with Crippen molar-refractivity contribution in [3.63, 3.8) is 0 Å². The molecule has 0 radical (unpaired) electrons. The van der Waals surface area contributed by atoms with E-state index < -0.39 is 6.04 Å². The van der Waals surface area contributed by atoms with Crippen LogP contribution in [0.2, 0.25) is 0 Å². The summed E-state index contributed by atoms with van der Waals surface area (Å²) in [7, 11) is 2.08. The Labute approximate surface area is 91.8 Å². The molecule has 0 spiro atoms. The summed E-state index contributed by atoms with van der Waals surface area (Å²) in [6.07, 6.45) is 1.92. The fourth-order valence-electron chi connectivity index (χ4n) is 1.62. The summed E-state index contributed by atoms with van der Waals surface area (Å²) in [5.74, 6) is -0.108. The van der Waals surface area contributed by atoms with Crippen LogP contribution in [0, 0.1) is 5.92 Å². The van der Waals surface area contributed by atoms with Gasteiger partial charge < -0.3 is 15.4 Å². The van der Waals surface area contributed by atoms with E-state index >= 15 is 0 Å². The molecule has 0 amide bonds. The van der Waals surface area contributed by atoms with Crippen molar-refractivity contribution in [3.8, 4) is 0 Å². The molecule has 0 bridgehead atoms. The van der Waals surface area contributed by atoms with Crippen LogP contribution in [0.4, 0.5) is 0 Å². The van der Waals surface area contributed by atoms with Crippen molar-refractivity contribution >= 4 is 5.97 Å². The highest BCUT2D eigenvalue weighted by molar-refractivity contribution is 5.75. The number of rotatable bonds is 3. The number of nitrogens with zero attached hydrogens (tertiary/aromatic N) is 1. The van der Waals surface area contributed by atoms with Crippen LogP contribution in [0.25, 0.3) is 0 Å². The maximum atomic E-state index is 11.6. The first-order valence-electron chi connectivity index (χ1n) is 5.65. The highest BCUT2D eigenvalue weighted by Gasteiger charge is 2.24. The van der Waals surface area contributed by atoms with Gasteiger partial charge in [0.05, 0.1) is 0 Å². The number of ether oxygens (including phenoxy) is 1. The summed E-state index contributed by atoms with van der Waals surface area (Å²) in [5.41, 5.74) is 5.72. The molecule has 0 aromatic heterocycles. The SMILES string of the molecule is CC(C)[C@H](N)C(=O)OC1CCN(C)CC1. The Morgan fingerprint density at radius 2 is 1.93 bits per heavy atom. The molecule has 0 aromatic carbocycles. The van der Waals surface area contributed by atoms with E-state index in [0.717, 1.165) is 25.9 Å². The van der Waals surface area contributed by atoms with Gasteiger partial charge in [-0.2, -0.15) is 0 Å². The maximum absolute atomic E-state index is 11.6. The predicted octanol–water partition coefficient (Wildman–Crippen LogP) is 0.607. The van der Waals surface area contributed by atoms with Gasteiger partial charge in [0.25, 0.3) is 0 Å². The lowest BCUT2D eigenvalue weighted by Gasteiger charge is -2.29. The van der Waals surface area contributed by atoms with Crippen LogP contribution in [0.1, 0.15) is 26.7 Å². The van der Waals surface area contributed by atoms with Crippen molar-refractivity contribution in [1.29, 1.82) is 0 Å². The molecule has 15 heavy (non-hydrogen) atoms. The van der Waals surface area contributed by atoms with Crippen LogP contribution in [0.15, 0.2) is 0 Å². The lowest BCUT2D eigenvalue weighted by molar-refractivity contribution is -0.153. The van der Waals surface area contributed by atoms with E-state index in [4.69, 9.17) is 10.5 Å². The molecule has 2 N–H and O–H groups in total. The van der Waals surface area contributed by atoms with Gasteiger partial charge in [0.15, 0.2) is 0 Å². The summed E-state index contributed by atoms with van der Waals surface area (Å²) in [6, 6.07) is -0.482. The Hall–Kier alpha value is -0.610. The third-order valence-electron chi connectivity index (χ3n) is 2.94. The van der Waals surface area contributed by atoms with Crippen LogP contribution in [0.5, 0.6) is 0 Å². The maximum Gasteiger partial charge on any atom is 0.323 e. The normalized spacial score (nSPS) is 21.7. The fourth-order valence-corrected chi connectivity index (χ4v) is 1.62. The Morgan fingerprint density at radius 3 is 2.40 bits per heavy atom. The first-order chi connectivity index (χ1) is 7.00. The zero-order valence-electron chi connectivity index (χ0n) is 9.90. The lowest BCUT2D eigenvalue weighted by Crippen LogP contribution is -2.42. The van der Waals surface area contributed by atoms with E-state index in [0.29, 0.717) is 0 Å². The van der Waals surface area contributed by atoms with E-state index in [9.17, 15) is 4.79 Å². The first kappa shape index (κ1) is 12.5. The van der Waals surface area contributed by atoms with E-state index in [2.05, 4.69) is 11.9 Å². The third kappa shape index (κ3) is 3.80. The second kappa shape index (κ2) is 5.47. The molecular weight excluding hydrogens is 192 g/mol. The molecular formula is C11H22N2O2. The van der Waals surface area contributed by atoms with Gasteiger partial charge in [-0.05, 0) is 25.8 Å². The van der Waals surface area contributed by atoms with Crippen molar-refractivity contribution in [2.24, 2.45) is 11.7 Å². The van der Waals surface area contributed by atoms with Gasteiger partial charge in [-0.25, -0.2) is 0 Å². The van der Waals surface area contributed by atoms with Crippen molar-refractivity contribution in [2.75, 3.05) is 20.1 Å². The van der Waals surface area contributed by atoms with Crippen LogP contribution < -0.4 is 5.73 Å². The second-order valence-electron chi connectivity index (χ2n) is 4.71. The van der Waals surface area contributed by atoms with Gasteiger partial charge in [-0.3, -0.25) is 4.79 Å². The van der Waals surface area contributed by atoms with E-state index in [1.807, 2.05) is 13.8 Å². The minimum absolute atomic E-state index is 0.0681. The molecule has 1 atom stereocenters. The molecule has 4 heteroatoms. The minimum Gasteiger partial charge on any atom is -0.461 e. The Balaban J connectivity index is 2.32. The largest absolute Gasteiger partial charge is 0.461 e. The molecule has 1 aliphatic heterocycles. The molecule has 1 saturated heterocycles. The van der Waals surface area contributed by atoms with E-state index in [1.54, 1.807) is 0 Å². The number of esters is 1. The number of carbonyl (C=O) groups excluding carboxylic acids is 1. The summed E-state index contributed by atoms with van der Waals surface area (Å²) in [4.78, 5) is 13.8. The Kier molecular flexibility index (Phi) is 4.54. The van der Waals surface area contributed by atoms with Crippen LogP contribution >= 0.6 is 0 Å². The number of nitrogens with two attached hydrogens (primary N) is 1. The molecule has 0 unspecified atom stereocenters. The lowest BCUT2D eigenvalue weighted by atomic mass is 10.1. The third-order valence-corrected chi connectivity index (χ3v) is 2.94. The topological polar surface area (TPSA) is 55.6 Å². The quantitative estimate of drug-likeness (QED) is 0.699. The molecule has 4 nitrogen and oxygen atoms in total. The van der Waals surface area contributed by atoms with Gasteiger partial charge in [0.2, 0.25) is 0 Å². The van der Waals surface area contributed by atoms with Crippen molar-refractivity contribution in [1.82, 2.24) is 4.90 Å². The zero-order valence-corrected chi connectivity index (χ0v) is 9.90. The van der Waals surface area contributed by atoms with E-state index in [-0.39, 0.29) is 18.0 Å². The smallest absolute Gasteiger partial charge is 0.323 e. The summed E-state index contributed by atoms with van der Waals surface area (Å²) in [5, 5.41) is 0. The summed E-state index contributed by atoms with van der Waals surface area (Å²) >= 11 is 0. The number of hydrogen-bond donors (Lipinski definition) is 1. The minimum atomic E-state index is -0.482. The Bertz CT molecular complexity index is 211. The molecule has 1 heterocycles. The van der Waals surface area contributed by atoms with Gasteiger partial charge in [0.1, 0.15) is 12.1 Å². The molecule has 88 valence electrons. The van der Waals surface area contributed by atoms with Gasteiger partial charge in [0, 0.05) is 13.1 Å². The number of piperidine rings is 1. The van der Waals surface area contributed by atoms with Crippen LogP contribution in [-0.2, 0) is 9.53 Å². The molecule has 0 aliphatic carbocycles. The van der Waals surface area contributed by atoms with Gasteiger partial charge in [-0.1, -0.05) is 13.8 Å². The van der Waals surface area contributed by atoms with Crippen LogP contribution in [-0.4, -0.2) is 43.2 Å². The molecule has 1 fully saturated rings. The van der Waals surface area contributed by atoms with E-state index in [1.165, 1.54) is 0 Å². The first-order valence-corrected chi connectivity index (χ1v) is 5.65. The Morgan fingerprint density at radius 1 is 1.40 bits per heavy atom. The number of carbonyl (C=O) groups is 1. The second-order valence-corrected chi connectivity index (χ2v) is 4.71. The summed E-state index contributed by atoms with van der Waals surface area (Å²) in [6.45, 7) is 5.85. The average molecular weight is 214 g/mol. The van der Waals surface area contributed by atoms with Crippen LogP contribution in [0.3, 0.4) is 0 Å². The molecule has 1 rings (SSSR count). The predicted molar refractivity (Wildman–Crippen MR) is 59.4 cm³/mol. The van der Waals surface area contributed by atoms with Crippen molar-refractivity contribution in [2.45, 2.75) is 38.8 Å². The monoisotopic (exact) mass is 214 g/mol. The average Bonchev–Trinajstić information content (AvgIpc) is 2.20. The molecule has 0 saturated carbocycles. The number of likely N-dealkylation sites (tertiary alicyclic amines) is 1. The fraction of sp³-hybridized carbons (Fsp3) is 0.909. The number of hydrogen-bond acceptors (Lipinski definition) is 4. The van der Waals surface area contributed by atoms with Gasteiger partial charge in [-0.15, -0.1) is 0 Å². The van der Waals surface area contributed by atoms with Crippen molar-refractivity contribution in [3.05, 3.63) is 0 Å². The summed E-state index contributed by atoms with van der Waals surface area (Å²) < 4.78 is 5.37.